The van der Waals surface area contributed by atoms with Crippen molar-refractivity contribution in [2.45, 2.75) is 24.8 Å². The number of carboxylic acids is 1. The van der Waals surface area contributed by atoms with E-state index in [0.717, 1.165) is 0 Å². The standard InChI is InChI=1S/C8H13F3O4S/c1-6(4-7(12)13)16(14)3-2-15-5-8(9,10)11/h6H,2-5H2,1H3,(H,12,13). The second-order valence-electron chi connectivity index (χ2n) is 3.16. The van der Waals surface area contributed by atoms with E-state index < -0.39 is 34.8 Å². The maximum atomic E-state index is 11.6. The Morgan fingerprint density at radius 1 is 1.50 bits per heavy atom. The molecule has 0 fully saturated rings. The van der Waals surface area contributed by atoms with Gasteiger partial charge in [-0.1, -0.05) is 6.92 Å². The molecule has 0 aliphatic carbocycles. The summed E-state index contributed by atoms with van der Waals surface area (Å²) >= 11 is 0. The number of hydrogen-bond donors (Lipinski definition) is 1. The van der Waals surface area contributed by atoms with E-state index in [9.17, 15) is 22.2 Å². The Hall–Kier alpha value is -0.630. The quantitative estimate of drug-likeness (QED) is 0.700. The molecule has 1 N–H and O–H groups in total. The molecule has 4 nitrogen and oxygen atoms in total. The SMILES string of the molecule is CC(CC(=O)O)S(=O)CCOCC(F)(F)F. The molecule has 0 spiro atoms. The summed E-state index contributed by atoms with van der Waals surface area (Å²) in [4.78, 5) is 10.3. The Kier molecular flexibility index (Phi) is 6.58. The van der Waals surface area contributed by atoms with Crippen LogP contribution in [0.1, 0.15) is 13.3 Å². The zero-order valence-corrected chi connectivity index (χ0v) is 9.44. The number of alkyl halides is 3. The van der Waals surface area contributed by atoms with Crippen molar-refractivity contribution in [1.29, 1.82) is 0 Å². The Morgan fingerprint density at radius 2 is 2.06 bits per heavy atom. The molecule has 0 aromatic carbocycles. The molecule has 8 heteroatoms. The molecule has 0 radical (unpaired) electrons. The van der Waals surface area contributed by atoms with E-state index >= 15 is 0 Å². The van der Waals surface area contributed by atoms with Crippen molar-refractivity contribution in [2.75, 3.05) is 19.0 Å². The third-order valence-electron chi connectivity index (χ3n) is 1.61. The fraction of sp³-hybridized carbons (Fsp3) is 0.875. The molecular weight excluding hydrogens is 249 g/mol. The molecule has 0 aliphatic rings. The van der Waals surface area contributed by atoms with Crippen LogP contribution >= 0.6 is 0 Å². The Morgan fingerprint density at radius 3 is 2.50 bits per heavy atom. The predicted octanol–water partition coefficient (Wildman–Crippen LogP) is 1.18. The molecule has 2 unspecified atom stereocenters. The number of hydrogen-bond acceptors (Lipinski definition) is 3. The van der Waals surface area contributed by atoms with Crippen LogP contribution in [0, 0.1) is 0 Å². The van der Waals surface area contributed by atoms with Crippen LogP contribution in [0.2, 0.25) is 0 Å². The first-order chi connectivity index (χ1) is 7.22. The summed E-state index contributed by atoms with van der Waals surface area (Å²) in [6.07, 6.45) is -4.67. The second-order valence-corrected chi connectivity index (χ2v) is 5.14. The highest BCUT2D eigenvalue weighted by atomic mass is 32.2. The van der Waals surface area contributed by atoms with Gasteiger partial charge >= 0.3 is 12.1 Å². The average molecular weight is 262 g/mol. The van der Waals surface area contributed by atoms with Crippen LogP contribution in [-0.4, -0.2) is 45.7 Å². The zero-order chi connectivity index (χ0) is 12.8. The third kappa shape index (κ3) is 8.66. The summed E-state index contributed by atoms with van der Waals surface area (Å²) in [6.45, 7) is -0.207. The topological polar surface area (TPSA) is 63.6 Å². The number of rotatable bonds is 7. The van der Waals surface area contributed by atoms with E-state index in [1.807, 2.05) is 0 Å². The lowest BCUT2D eigenvalue weighted by Gasteiger charge is -2.10. The molecular formula is C8H13F3O4S. The molecule has 2 atom stereocenters. The number of ether oxygens (including phenoxy) is 1. The lowest BCUT2D eigenvalue weighted by Crippen LogP contribution is -2.23. The minimum absolute atomic E-state index is 0.0927. The van der Waals surface area contributed by atoms with Crippen molar-refractivity contribution in [1.82, 2.24) is 0 Å². The number of carboxylic acid groups (broad SMARTS) is 1. The summed E-state index contributed by atoms with van der Waals surface area (Å²) < 4.78 is 50.4. The van der Waals surface area contributed by atoms with Crippen LogP contribution in [0.5, 0.6) is 0 Å². The zero-order valence-electron chi connectivity index (χ0n) is 8.62. The largest absolute Gasteiger partial charge is 0.481 e. The van der Waals surface area contributed by atoms with Crippen LogP contribution in [0.3, 0.4) is 0 Å². The molecule has 16 heavy (non-hydrogen) atoms. The van der Waals surface area contributed by atoms with Gasteiger partial charge in [-0.15, -0.1) is 0 Å². The van der Waals surface area contributed by atoms with Gasteiger partial charge in [-0.3, -0.25) is 9.00 Å². The van der Waals surface area contributed by atoms with Crippen LogP contribution in [0.4, 0.5) is 13.2 Å². The van der Waals surface area contributed by atoms with Gasteiger partial charge in [-0.05, 0) is 0 Å². The maximum Gasteiger partial charge on any atom is 0.411 e. The van der Waals surface area contributed by atoms with Gasteiger partial charge < -0.3 is 9.84 Å². The molecule has 0 aromatic heterocycles. The molecule has 0 saturated carbocycles. The highest BCUT2D eigenvalue weighted by molar-refractivity contribution is 7.85. The van der Waals surface area contributed by atoms with E-state index in [1.165, 1.54) is 6.92 Å². The summed E-state index contributed by atoms with van der Waals surface area (Å²) in [5.41, 5.74) is 0. The summed E-state index contributed by atoms with van der Waals surface area (Å²) in [6, 6.07) is 0. The first-order valence-corrected chi connectivity index (χ1v) is 5.84. The van der Waals surface area contributed by atoms with Crippen molar-refractivity contribution >= 4 is 16.8 Å². The second kappa shape index (κ2) is 6.85. The van der Waals surface area contributed by atoms with Gasteiger partial charge in [0.2, 0.25) is 0 Å². The molecule has 0 heterocycles. The van der Waals surface area contributed by atoms with Gasteiger partial charge in [0.05, 0.1) is 13.0 Å². The molecule has 0 saturated heterocycles. The smallest absolute Gasteiger partial charge is 0.411 e. The Bertz CT molecular complexity index is 254. The van der Waals surface area contributed by atoms with Crippen molar-refractivity contribution in [3.8, 4) is 0 Å². The van der Waals surface area contributed by atoms with E-state index in [4.69, 9.17) is 5.11 Å². The fourth-order valence-corrected chi connectivity index (χ4v) is 1.88. The first-order valence-electron chi connectivity index (χ1n) is 4.46. The monoisotopic (exact) mass is 262 g/mol. The van der Waals surface area contributed by atoms with E-state index in [0.29, 0.717) is 0 Å². The molecule has 96 valence electrons. The minimum atomic E-state index is -4.39. The van der Waals surface area contributed by atoms with Crippen molar-refractivity contribution in [3.05, 3.63) is 0 Å². The van der Waals surface area contributed by atoms with Crippen LogP contribution in [-0.2, 0) is 20.3 Å². The van der Waals surface area contributed by atoms with Gasteiger partial charge in [-0.25, -0.2) is 0 Å². The van der Waals surface area contributed by atoms with E-state index in [2.05, 4.69) is 4.74 Å². The van der Waals surface area contributed by atoms with Gasteiger partial charge in [-0.2, -0.15) is 13.2 Å². The normalized spacial score (nSPS) is 15.8. The van der Waals surface area contributed by atoms with Crippen LogP contribution in [0.15, 0.2) is 0 Å². The molecule has 0 aromatic rings. The minimum Gasteiger partial charge on any atom is -0.481 e. The molecule has 0 amide bonds. The van der Waals surface area contributed by atoms with Crippen molar-refractivity contribution < 1.29 is 32.0 Å². The van der Waals surface area contributed by atoms with Crippen LogP contribution < -0.4 is 0 Å². The number of carbonyl (C=O) groups is 1. The fourth-order valence-electron chi connectivity index (χ4n) is 0.869. The highest BCUT2D eigenvalue weighted by Gasteiger charge is 2.27. The molecule has 0 aliphatic heterocycles. The first kappa shape index (κ1) is 15.4. The maximum absolute atomic E-state index is 11.6. The number of halogens is 3. The average Bonchev–Trinajstić information content (AvgIpc) is 2.09. The highest BCUT2D eigenvalue weighted by Crippen LogP contribution is 2.14. The lowest BCUT2D eigenvalue weighted by molar-refractivity contribution is -0.172. The Labute approximate surface area is 93.2 Å². The Balaban J connectivity index is 3.69. The summed E-state index contributed by atoms with van der Waals surface area (Å²) in [7, 11) is -1.49. The van der Waals surface area contributed by atoms with Gasteiger partial charge in [0, 0.05) is 21.8 Å². The van der Waals surface area contributed by atoms with Crippen molar-refractivity contribution in [3.63, 3.8) is 0 Å². The molecule has 0 bridgehead atoms. The summed E-state index contributed by atoms with van der Waals surface area (Å²) in [5.74, 6) is -1.18. The third-order valence-corrected chi connectivity index (χ3v) is 3.24. The lowest BCUT2D eigenvalue weighted by atomic mass is 10.3. The van der Waals surface area contributed by atoms with Gasteiger partial charge in [0.15, 0.2) is 0 Å². The van der Waals surface area contributed by atoms with E-state index in [-0.39, 0.29) is 18.8 Å². The van der Waals surface area contributed by atoms with Crippen molar-refractivity contribution in [2.24, 2.45) is 0 Å². The van der Waals surface area contributed by atoms with Gasteiger partial charge in [0.25, 0.3) is 0 Å². The number of aliphatic carboxylic acids is 1. The van der Waals surface area contributed by atoms with E-state index in [1.54, 1.807) is 0 Å². The summed E-state index contributed by atoms with van der Waals surface area (Å²) in [5, 5.41) is 7.81. The van der Waals surface area contributed by atoms with Crippen LogP contribution in [0.25, 0.3) is 0 Å². The molecule has 0 rings (SSSR count). The van der Waals surface area contributed by atoms with Gasteiger partial charge in [0.1, 0.15) is 6.61 Å². The predicted molar refractivity (Wildman–Crippen MR) is 51.6 cm³/mol.